The Labute approximate surface area is 148 Å². The molecule has 6 heteroatoms. The highest BCUT2D eigenvalue weighted by atomic mass is 16.2. The van der Waals surface area contributed by atoms with Crippen molar-refractivity contribution in [1.82, 2.24) is 20.4 Å². The number of nitrogens with zero attached hydrogens (tertiary/aromatic N) is 2. The van der Waals surface area contributed by atoms with Gasteiger partial charge >= 0.3 is 6.03 Å². The molecule has 1 aromatic heterocycles. The van der Waals surface area contributed by atoms with Crippen molar-refractivity contribution >= 4 is 16.8 Å². The van der Waals surface area contributed by atoms with Crippen LogP contribution in [0.25, 0.3) is 10.8 Å². The van der Waals surface area contributed by atoms with E-state index in [0.717, 1.165) is 5.39 Å². The van der Waals surface area contributed by atoms with Gasteiger partial charge in [0.25, 0.3) is 5.56 Å². The molecule has 0 spiro atoms. The van der Waals surface area contributed by atoms with Crippen molar-refractivity contribution in [3.63, 3.8) is 0 Å². The number of aromatic nitrogens is 2. The van der Waals surface area contributed by atoms with E-state index >= 15 is 0 Å². The molecule has 0 saturated heterocycles. The zero-order valence-corrected chi connectivity index (χ0v) is 15.7. The smallest absolute Gasteiger partial charge is 0.315 e. The summed E-state index contributed by atoms with van der Waals surface area (Å²) in [5.41, 5.74) is -0.120. The van der Waals surface area contributed by atoms with Crippen LogP contribution < -0.4 is 16.2 Å². The molecule has 0 aliphatic rings. The number of hydrogen-bond donors (Lipinski definition) is 2. The van der Waals surface area contributed by atoms with Crippen LogP contribution in [0, 0.1) is 11.3 Å². The Hall–Kier alpha value is -2.37. The Kier molecular flexibility index (Phi) is 5.82. The first kappa shape index (κ1) is 19.0. The maximum atomic E-state index is 12.5. The van der Waals surface area contributed by atoms with Crippen LogP contribution in [0.15, 0.2) is 35.3 Å². The molecule has 2 N–H and O–H groups in total. The summed E-state index contributed by atoms with van der Waals surface area (Å²) in [6, 6.07) is 6.91. The molecule has 1 unspecified atom stereocenters. The first-order valence-electron chi connectivity index (χ1n) is 8.70. The van der Waals surface area contributed by atoms with Crippen LogP contribution in [0.4, 0.5) is 4.79 Å². The molecule has 1 atom stereocenters. The maximum Gasteiger partial charge on any atom is 0.315 e. The average molecular weight is 344 g/mol. The summed E-state index contributed by atoms with van der Waals surface area (Å²) in [7, 11) is 0. The third kappa shape index (κ3) is 4.81. The molecule has 1 aromatic carbocycles. The van der Waals surface area contributed by atoms with Crippen molar-refractivity contribution in [2.75, 3.05) is 6.54 Å². The third-order valence-corrected chi connectivity index (χ3v) is 4.85. The van der Waals surface area contributed by atoms with Crippen LogP contribution in [-0.4, -0.2) is 28.4 Å². The molecule has 0 bridgehead atoms. The number of benzene rings is 1. The lowest BCUT2D eigenvalue weighted by atomic mass is 9.81. The van der Waals surface area contributed by atoms with Gasteiger partial charge in [0.1, 0.15) is 0 Å². The van der Waals surface area contributed by atoms with Crippen molar-refractivity contribution in [3.05, 3.63) is 40.8 Å². The van der Waals surface area contributed by atoms with Gasteiger partial charge < -0.3 is 10.6 Å². The minimum Gasteiger partial charge on any atom is -0.338 e. The van der Waals surface area contributed by atoms with Crippen molar-refractivity contribution in [1.29, 1.82) is 0 Å². The van der Waals surface area contributed by atoms with Crippen molar-refractivity contribution in [2.24, 2.45) is 11.3 Å². The molecule has 0 radical (unpaired) electrons. The van der Waals surface area contributed by atoms with Crippen LogP contribution in [0.5, 0.6) is 0 Å². The molecule has 1 heterocycles. The van der Waals surface area contributed by atoms with Gasteiger partial charge in [0.2, 0.25) is 0 Å². The SMILES string of the molecule is CC(Cn1ncc2ccccc2c1=O)NC(=O)NCC(C)(C)C(C)C. The van der Waals surface area contributed by atoms with E-state index in [1.54, 1.807) is 12.3 Å². The number of hydrogen-bond acceptors (Lipinski definition) is 3. The van der Waals surface area contributed by atoms with E-state index in [0.29, 0.717) is 24.4 Å². The summed E-state index contributed by atoms with van der Waals surface area (Å²) in [6.07, 6.45) is 1.68. The van der Waals surface area contributed by atoms with Crippen LogP contribution in [0.3, 0.4) is 0 Å². The summed E-state index contributed by atoms with van der Waals surface area (Å²) >= 11 is 0. The largest absolute Gasteiger partial charge is 0.338 e. The Morgan fingerprint density at radius 2 is 1.92 bits per heavy atom. The van der Waals surface area contributed by atoms with E-state index in [9.17, 15) is 9.59 Å². The topological polar surface area (TPSA) is 76.0 Å². The first-order chi connectivity index (χ1) is 11.7. The molecular weight excluding hydrogens is 316 g/mol. The van der Waals surface area contributed by atoms with Crippen molar-refractivity contribution in [3.8, 4) is 0 Å². The monoisotopic (exact) mass is 344 g/mol. The third-order valence-electron chi connectivity index (χ3n) is 4.85. The summed E-state index contributed by atoms with van der Waals surface area (Å²) < 4.78 is 1.39. The van der Waals surface area contributed by atoms with E-state index in [1.165, 1.54) is 4.68 Å². The van der Waals surface area contributed by atoms with E-state index in [4.69, 9.17) is 0 Å². The van der Waals surface area contributed by atoms with Gasteiger partial charge in [-0.15, -0.1) is 0 Å². The second kappa shape index (κ2) is 7.68. The van der Waals surface area contributed by atoms with Crippen LogP contribution in [-0.2, 0) is 6.54 Å². The van der Waals surface area contributed by atoms with Gasteiger partial charge in [-0.25, -0.2) is 9.48 Å². The molecule has 0 aliphatic heterocycles. The van der Waals surface area contributed by atoms with E-state index in [1.807, 2.05) is 25.1 Å². The highest BCUT2D eigenvalue weighted by Crippen LogP contribution is 2.24. The summed E-state index contributed by atoms with van der Waals surface area (Å²) in [5, 5.41) is 11.4. The predicted molar refractivity (Wildman–Crippen MR) is 101 cm³/mol. The lowest BCUT2D eigenvalue weighted by molar-refractivity contribution is 0.212. The zero-order chi connectivity index (χ0) is 18.6. The minimum atomic E-state index is -0.227. The standard InChI is InChI=1S/C19H28N4O2/c1-13(2)19(4,5)12-20-18(25)22-14(3)11-23-17(24)16-9-7-6-8-15(16)10-21-23/h6-10,13-14H,11-12H2,1-5H3,(H2,20,22,25). The van der Waals surface area contributed by atoms with Gasteiger partial charge in [-0.3, -0.25) is 4.79 Å². The van der Waals surface area contributed by atoms with E-state index in [2.05, 4.69) is 43.4 Å². The summed E-state index contributed by atoms with van der Waals surface area (Å²) in [5.74, 6) is 0.464. The van der Waals surface area contributed by atoms with Crippen LogP contribution in [0.1, 0.15) is 34.6 Å². The Balaban J connectivity index is 1.96. The fourth-order valence-corrected chi connectivity index (χ4v) is 2.35. The highest BCUT2D eigenvalue weighted by Gasteiger charge is 2.23. The molecule has 0 aliphatic carbocycles. The molecule has 2 aromatic rings. The van der Waals surface area contributed by atoms with Crippen LogP contribution in [0.2, 0.25) is 0 Å². The maximum absolute atomic E-state index is 12.5. The second-order valence-electron chi connectivity index (χ2n) is 7.59. The number of urea groups is 1. The van der Waals surface area contributed by atoms with Crippen molar-refractivity contribution < 1.29 is 4.79 Å². The van der Waals surface area contributed by atoms with Gasteiger partial charge in [0, 0.05) is 18.0 Å². The average Bonchev–Trinajstić information content (AvgIpc) is 2.56. The van der Waals surface area contributed by atoms with Gasteiger partial charge in [-0.1, -0.05) is 45.9 Å². The number of fused-ring (bicyclic) bond motifs is 1. The molecule has 2 amide bonds. The van der Waals surface area contributed by atoms with Gasteiger partial charge in [0.05, 0.1) is 18.1 Å². The molecular formula is C19H28N4O2. The van der Waals surface area contributed by atoms with E-state index in [-0.39, 0.29) is 23.0 Å². The fourth-order valence-electron chi connectivity index (χ4n) is 2.35. The van der Waals surface area contributed by atoms with Crippen LogP contribution >= 0.6 is 0 Å². The summed E-state index contributed by atoms with van der Waals surface area (Å²) in [6.45, 7) is 11.3. The highest BCUT2D eigenvalue weighted by molar-refractivity contribution is 5.80. The molecule has 0 saturated carbocycles. The van der Waals surface area contributed by atoms with Gasteiger partial charge in [-0.05, 0) is 24.3 Å². The molecule has 136 valence electrons. The number of amides is 2. The molecule has 0 fully saturated rings. The normalized spacial score (nSPS) is 13.0. The van der Waals surface area contributed by atoms with Crippen molar-refractivity contribution in [2.45, 2.75) is 47.2 Å². The predicted octanol–water partition coefficient (Wildman–Crippen LogP) is 2.77. The number of carbonyl (C=O) groups is 1. The lowest BCUT2D eigenvalue weighted by Crippen LogP contribution is -2.47. The first-order valence-corrected chi connectivity index (χ1v) is 8.70. The summed E-state index contributed by atoms with van der Waals surface area (Å²) in [4.78, 5) is 24.5. The minimum absolute atomic E-state index is 0.0252. The van der Waals surface area contributed by atoms with Gasteiger partial charge in [-0.2, -0.15) is 5.10 Å². The van der Waals surface area contributed by atoms with E-state index < -0.39 is 0 Å². The number of carbonyl (C=O) groups excluding carboxylic acids is 1. The fraction of sp³-hybridized carbons (Fsp3) is 0.526. The molecule has 6 nitrogen and oxygen atoms in total. The Morgan fingerprint density at radius 1 is 1.24 bits per heavy atom. The molecule has 2 rings (SSSR count). The Morgan fingerprint density at radius 3 is 2.60 bits per heavy atom. The number of rotatable bonds is 6. The lowest BCUT2D eigenvalue weighted by Gasteiger charge is -2.29. The van der Waals surface area contributed by atoms with Gasteiger partial charge in [0.15, 0.2) is 0 Å². The zero-order valence-electron chi connectivity index (χ0n) is 15.7. The molecule has 25 heavy (non-hydrogen) atoms. The quantitative estimate of drug-likeness (QED) is 0.846. The Bertz CT molecular complexity index is 795. The second-order valence-corrected chi connectivity index (χ2v) is 7.59. The number of nitrogens with one attached hydrogen (secondary N) is 2.